The Morgan fingerprint density at radius 1 is 0.536 bits per heavy atom. The van der Waals surface area contributed by atoms with Crippen LogP contribution < -0.4 is 0 Å². The van der Waals surface area contributed by atoms with Crippen LogP contribution in [0.4, 0.5) is 0 Å². The predicted molar refractivity (Wildman–Crippen MR) is 124 cm³/mol. The van der Waals surface area contributed by atoms with Crippen molar-refractivity contribution < 1.29 is 32.7 Å². The molecule has 0 saturated heterocycles. The molecule has 3 rings (SSSR count). The molecule has 0 aromatic heterocycles. The van der Waals surface area contributed by atoms with Gasteiger partial charge < -0.3 is 0 Å². The summed E-state index contributed by atoms with van der Waals surface area (Å²) < 4.78 is 0. The summed E-state index contributed by atoms with van der Waals surface area (Å²) in [5, 5.41) is 0. The predicted octanol–water partition coefficient (Wildman–Crippen LogP) is 9.19. The standard InChI is InChI=1S/3C9H14.Y/c3*1-2-3-6-9-7-4-5-8-9;/h3*4-5,7H,2-3,6,8H2,1H3;. The molecule has 0 aromatic carbocycles. The first-order valence-electron chi connectivity index (χ1n) is 11.3. The molecule has 0 N–H and O–H groups in total. The minimum atomic E-state index is 0. The largest absolute Gasteiger partial charge is 0.0805 e. The molecule has 1 heteroatoms. The summed E-state index contributed by atoms with van der Waals surface area (Å²) in [6.07, 6.45) is 35.5. The molecular weight excluding hydrogens is 413 g/mol. The Hall–Kier alpha value is -0.456. The minimum absolute atomic E-state index is 0. The maximum atomic E-state index is 2.25. The molecule has 0 nitrogen and oxygen atoms in total. The van der Waals surface area contributed by atoms with Crippen molar-refractivity contribution in [3.8, 4) is 0 Å². The average molecular weight is 456 g/mol. The van der Waals surface area contributed by atoms with Gasteiger partial charge in [0.25, 0.3) is 0 Å². The molecule has 0 amide bonds. The number of unbranched alkanes of at least 4 members (excludes halogenated alkanes) is 3. The van der Waals surface area contributed by atoms with E-state index in [9.17, 15) is 0 Å². The summed E-state index contributed by atoms with van der Waals surface area (Å²) in [4.78, 5) is 0. The quantitative estimate of drug-likeness (QED) is 0.325. The first-order valence-corrected chi connectivity index (χ1v) is 11.3. The van der Waals surface area contributed by atoms with Gasteiger partial charge >= 0.3 is 0 Å². The molecule has 3 aliphatic rings. The third kappa shape index (κ3) is 14.5. The van der Waals surface area contributed by atoms with Crippen LogP contribution >= 0.6 is 0 Å². The molecule has 153 valence electrons. The molecule has 0 atom stereocenters. The van der Waals surface area contributed by atoms with E-state index in [-0.39, 0.29) is 32.7 Å². The van der Waals surface area contributed by atoms with Gasteiger partial charge in [0.05, 0.1) is 0 Å². The molecule has 0 bridgehead atoms. The van der Waals surface area contributed by atoms with Crippen molar-refractivity contribution in [2.45, 2.75) is 97.8 Å². The molecule has 0 aromatic rings. The summed E-state index contributed by atoms with van der Waals surface area (Å²) in [7, 11) is 0. The van der Waals surface area contributed by atoms with Crippen molar-refractivity contribution in [3.63, 3.8) is 0 Å². The Morgan fingerprint density at radius 3 is 1.00 bits per heavy atom. The van der Waals surface area contributed by atoms with E-state index in [0.29, 0.717) is 0 Å². The molecule has 1 radical (unpaired) electrons. The third-order valence-corrected chi connectivity index (χ3v) is 5.10. The monoisotopic (exact) mass is 455 g/mol. The van der Waals surface area contributed by atoms with Crippen LogP contribution in [0.25, 0.3) is 0 Å². The second kappa shape index (κ2) is 19.8. The molecule has 28 heavy (non-hydrogen) atoms. The van der Waals surface area contributed by atoms with Crippen molar-refractivity contribution in [3.05, 3.63) is 71.4 Å². The molecule has 0 aliphatic heterocycles. The van der Waals surface area contributed by atoms with Crippen LogP contribution in [0.2, 0.25) is 0 Å². The second-order valence-electron chi connectivity index (χ2n) is 7.68. The van der Waals surface area contributed by atoms with E-state index in [4.69, 9.17) is 0 Å². The van der Waals surface area contributed by atoms with Crippen molar-refractivity contribution >= 4 is 0 Å². The summed E-state index contributed by atoms with van der Waals surface area (Å²) >= 11 is 0. The zero-order valence-corrected chi connectivity index (χ0v) is 21.6. The van der Waals surface area contributed by atoms with E-state index in [1.165, 1.54) is 77.0 Å². The number of hydrogen-bond donors (Lipinski definition) is 0. The fourth-order valence-corrected chi connectivity index (χ4v) is 3.24. The van der Waals surface area contributed by atoms with E-state index in [1.54, 1.807) is 16.7 Å². The number of rotatable bonds is 9. The molecule has 0 unspecified atom stereocenters. The van der Waals surface area contributed by atoms with Gasteiger partial charge in [0, 0.05) is 32.7 Å². The zero-order chi connectivity index (χ0) is 19.6. The van der Waals surface area contributed by atoms with Crippen LogP contribution in [0, 0.1) is 0 Å². The molecule has 0 spiro atoms. The van der Waals surface area contributed by atoms with Gasteiger partial charge in [0.2, 0.25) is 0 Å². The number of allylic oxidation sites excluding steroid dienone is 12. The minimum Gasteiger partial charge on any atom is -0.0805 e. The molecular formula is C27H42Y. The Labute approximate surface area is 200 Å². The van der Waals surface area contributed by atoms with Gasteiger partial charge in [-0.1, -0.05) is 111 Å². The second-order valence-corrected chi connectivity index (χ2v) is 7.68. The van der Waals surface area contributed by atoms with Crippen molar-refractivity contribution in [2.75, 3.05) is 0 Å². The fourth-order valence-electron chi connectivity index (χ4n) is 3.24. The van der Waals surface area contributed by atoms with E-state index >= 15 is 0 Å². The first kappa shape index (κ1) is 27.5. The summed E-state index contributed by atoms with van der Waals surface area (Å²) in [5.74, 6) is 0. The van der Waals surface area contributed by atoms with Gasteiger partial charge in [0.1, 0.15) is 0 Å². The van der Waals surface area contributed by atoms with E-state index in [2.05, 4.69) is 75.5 Å². The Balaban J connectivity index is 0.000000384. The van der Waals surface area contributed by atoms with Gasteiger partial charge in [0.15, 0.2) is 0 Å². The fraction of sp³-hybridized carbons (Fsp3) is 0.556. The SMILES string of the molecule is CCCCC1=CC=CC1.CCCCC1=CC=CC1.CCCCC1=CC=CC1.[Y]. The zero-order valence-electron chi connectivity index (χ0n) is 18.8. The molecule has 3 aliphatic carbocycles. The van der Waals surface area contributed by atoms with Crippen molar-refractivity contribution in [2.24, 2.45) is 0 Å². The third-order valence-electron chi connectivity index (χ3n) is 5.10. The number of hydrogen-bond acceptors (Lipinski definition) is 0. The van der Waals surface area contributed by atoms with Gasteiger partial charge in [-0.2, -0.15) is 0 Å². The van der Waals surface area contributed by atoms with E-state index in [0.717, 1.165) is 0 Å². The summed E-state index contributed by atoms with van der Waals surface area (Å²) in [6, 6.07) is 0. The molecule has 0 heterocycles. The Bertz CT molecular complexity index is 474. The van der Waals surface area contributed by atoms with Crippen LogP contribution in [-0.2, 0) is 32.7 Å². The van der Waals surface area contributed by atoms with Crippen molar-refractivity contribution in [1.29, 1.82) is 0 Å². The van der Waals surface area contributed by atoms with Crippen LogP contribution in [0.1, 0.15) is 97.8 Å². The van der Waals surface area contributed by atoms with Crippen LogP contribution in [-0.4, -0.2) is 0 Å². The smallest absolute Gasteiger partial charge is 0 e. The van der Waals surface area contributed by atoms with Gasteiger partial charge in [-0.3, -0.25) is 0 Å². The van der Waals surface area contributed by atoms with Crippen LogP contribution in [0.5, 0.6) is 0 Å². The maximum Gasteiger partial charge on any atom is 0 e. The Morgan fingerprint density at radius 2 is 0.821 bits per heavy atom. The van der Waals surface area contributed by atoms with Gasteiger partial charge in [-0.15, -0.1) is 0 Å². The average Bonchev–Trinajstić information content (AvgIpc) is 3.47. The van der Waals surface area contributed by atoms with Crippen LogP contribution in [0.3, 0.4) is 0 Å². The maximum absolute atomic E-state index is 2.25. The van der Waals surface area contributed by atoms with E-state index in [1.807, 2.05) is 0 Å². The molecule has 0 fully saturated rings. The normalized spacial score (nSPS) is 15.8. The molecule has 0 saturated carbocycles. The van der Waals surface area contributed by atoms with Gasteiger partial charge in [-0.25, -0.2) is 0 Å². The van der Waals surface area contributed by atoms with E-state index < -0.39 is 0 Å². The first-order chi connectivity index (χ1) is 13.3. The summed E-state index contributed by atoms with van der Waals surface area (Å²) in [5.41, 5.74) is 4.82. The topological polar surface area (TPSA) is 0 Å². The van der Waals surface area contributed by atoms with Crippen molar-refractivity contribution in [1.82, 2.24) is 0 Å². The van der Waals surface area contributed by atoms with Crippen LogP contribution in [0.15, 0.2) is 71.4 Å². The Kier molecular flexibility index (Phi) is 19.5. The summed E-state index contributed by atoms with van der Waals surface area (Å²) in [6.45, 7) is 6.72. The van der Waals surface area contributed by atoms with Gasteiger partial charge in [-0.05, 0) is 57.8 Å².